The van der Waals surface area contributed by atoms with Crippen LogP contribution >= 0.6 is 0 Å². The van der Waals surface area contributed by atoms with E-state index in [4.69, 9.17) is 5.73 Å². The lowest BCUT2D eigenvalue weighted by Gasteiger charge is -2.19. The molecule has 3 N–H and O–H groups in total. The van der Waals surface area contributed by atoms with Gasteiger partial charge in [0.2, 0.25) is 5.91 Å². The Morgan fingerprint density at radius 3 is 2.72 bits per heavy atom. The molecule has 3 heteroatoms. The molecule has 1 saturated carbocycles. The van der Waals surface area contributed by atoms with Crippen LogP contribution in [0, 0.1) is 5.92 Å². The van der Waals surface area contributed by atoms with Crippen LogP contribution in [0.4, 0.5) is 0 Å². The Bertz CT molecular complexity index is 391. The summed E-state index contributed by atoms with van der Waals surface area (Å²) in [6.45, 7) is 2.20. The van der Waals surface area contributed by atoms with E-state index in [0.29, 0.717) is 18.4 Å². The standard InChI is InChI=1S/C15H22N2O/c1-11-6-5-9-14(11)17-15(18)10-13(16)12-7-3-2-4-8-12/h2-4,7-8,11,13-14H,5-6,9-10,16H2,1H3,(H,17,18). The second-order valence-corrected chi connectivity index (χ2v) is 5.30. The van der Waals surface area contributed by atoms with Gasteiger partial charge in [0.05, 0.1) is 0 Å². The number of amides is 1. The molecule has 1 aliphatic carbocycles. The van der Waals surface area contributed by atoms with Crippen LogP contribution in [-0.4, -0.2) is 11.9 Å². The number of benzene rings is 1. The van der Waals surface area contributed by atoms with E-state index in [1.165, 1.54) is 12.8 Å². The van der Waals surface area contributed by atoms with Gasteiger partial charge in [0.25, 0.3) is 0 Å². The molecule has 0 spiro atoms. The third-order valence-corrected chi connectivity index (χ3v) is 3.84. The van der Waals surface area contributed by atoms with Crippen LogP contribution in [0.1, 0.15) is 44.2 Å². The van der Waals surface area contributed by atoms with E-state index in [-0.39, 0.29) is 11.9 Å². The third-order valence-electron chi connectivity index (χ3n) is 3.84. The maximum Gasteiger partial charge on any atom is 0.222 e. The molecule has 1 aromatic carbocycles. The molecule has 0 heterocycles. The summed E-state index contributed by atoms with van der Waals surface area (Å²) in [5, 5.41) is 3.11. The molecule has 1 aliphatic rings. The zero-order chi connectivity index (χ0) is 13.0. The molecule has 3 atom stereocenters. The van der Waals surface area contributed by atoms with Gasteiger partial charge in [0.1, 0.15) is 0 Å². The smallest absolute Gasteiger partial charge is 0.222 e. The summed E-state index contributed by atoms with van der Waals surface area (Å²) in [6, 6.07) is 9.93. The van der Waals surface area contributed by atoms with E-state index < -0.39 is 0 Å². The second-order valence-electron chi connectivity index (χ2n) is 5.30. The Morgan fingerprint density at radius 1 is 1.39 bits per heavy atom. The van der Waals surface area contributed by atoms with Crippen LogP contribution in [0.5, 0.6) is 0 Å². The Balaban J connectivity index is 1.84. The van der Waals surface area contributed by atoms with Gasteiger partial charge in [-0.15, -0.1) is 0 Å². The van der Waals surface area contributed by atoms with Crippen molar-refractivity contribution in [3.8, 4) is 0 Å². The summed E-state index contributed by atoms with van der Waals surface area (Å²) in [4.78, 5) is 11.9. The lowest BCUT2D eigenvalue weighted by Crippen LogP contribution is -2.37. The number of nitrogens with one attached hydrogen (secondary N) is 1. The van der Waals surface area contributed by atoms with E-state index in [0.717, 1.165) is 12.0 Å². The van der Waals surface area contributed by atoms with Gasteiger partial charge >= 0.3 is 0 Å². The van der Waals surface area contributed by atoms with E-state index >= 15 is 0 Å². The monoisotopic (exact) mass is 246 g/mol. The maximum atomic E-state index is 11.9. The lowest BCUT2D eigenvalue weighted by molar-refractivity contribution is -0.122. The van der Waals surface area contributed by atoms with Crippen molar-refractivity contribution < 1.29 is 4.79 Å². The molecular weight excluding hydrogens is 224 g/mol. The zero-order valence-electron chi connectivity index (χ0n) is 10.9. The molecule has 98 valence electrons. The molecule has 3 unspecified atom stereocenters. The van der Waals surface area contributed by atoms with Crippen molar-refractivity contribution in [2.24, 2.45) is 11.7 Å². The number of hydrogen-bond donors (Lipinski definition) is 2. The Kier molecular flexibility index (Phi) is 4.37. The molecule has 18 heavy (non-hydrogen) atoms. The third kappa shape index (κ3) is 3.33. The summed E-state index contributed by atoms with van der Waals surface area (Å²) in [5.74, 6) is 0.673. The van der Waals surface area contributed by atoms with Crippen molar-refractivity contribution in [3.63, 3.8) is 0 Å². The molecule has 1 aromatic rings. The van der Waals surface area contributed by atoms with Gasteiger partial charge in [0.15, 0.2) is 0 Å². The molecule has 0 aromatic heterocycles. The Morgan fingerprint density at radius 2 is 2.11 bits per heavy atom. The van der Waals surface area contributed by atoms with Gasteiger partial charge in [-0.25, -0.2) is 0 Å². The molecule has 0 bridgehead atoms. The molecular formula is C15H22N2O. The number of hydrogen-bond acceptors (Lipinski definition) is 2. The van der Waals surface area contributed by atoms with Gasteiger partial charge < -0.3 is 11.1 Å². The second kappa shape index (κ2) is 6.01. The Hall–Kier alpha value is -1.35. The van der Waals surface area contributed by atoms with Gasteiger partial charge in [0, 0.05) is 18.5 Å². The van der Waals surface area contributed by atoms with E-state index in [9.17, 15) is 4.79 Å². The topological polar surface area (TPSA) is 55.1 Å². The molecule has 0 aliphatic heterocycles. The molecule has 0 saturated heterocycles. The summed E-state index contributed by atoms with van der Waals surface area (Å²) < 4.78 is 0. The van der Waals surface area contributed by atoms with Crippen molar-refractivity contribution in [1.29, 1.82) is 0 Å². The van der Waals surface area contributed by atoms with Crippen LogP contribution < -0.4 is 11.1 Å². The van der Waals surface area contributed by atoms with Gasteiger partial charge in [-0.1, -0.05) is 43.7 Å². The highest BCUT2D eigenvalue weighted by Crippen LogP contribution is 2.25. The molecule has 2 rings (SSSR count). The first kappa shape index (κ1) is 13.1. The fraction of sp³-hybridized carbons (Fsp3) is 0.533. The number of nitrogens with two attached hydrogens (primary N) is 1. The first-order chi connectivity index (χ1) is 8.66. The van der Waals surface area contributed by atoms with Gasteiger partial charge in [-0.05, 0) is 24.3 Å². The van der Waals surface area contributed by atoms with Crippen molar-refractivity contribution in [2.75, 3.05) is 0 Å². The minimum Gasteiger partial charge on any atom is -0.353 e. The number of carbonyl (C=O) groups excluding carboxylic acids is 1. The summed E-state index contributed by atoms with van der Waals surface area (Å²) in [5.41, 5.74) is 7.06. The van der Waals surface area contributed by atoms with Crippen LogP contribution in [0.15, 0.2) is 30.3 Å². The molecule has 1 amide bonds. The van der Waals surface area contributed by atoms with Crippen LogP contribution in [0.3, 0.4) is 0 Å². The quantitative estimate of drug-likeness (QED) is 0.857. The lowest BCUT2D eigenvalue weighted by atomic mass is 10.0. The van der Waals surface area contributed by atoms with Crippen molar-refractivity contribution in [3.05, 3.63) is 35.9 Å². The first-order valence-electron chi connectivity index (χ1n) is 6.76. The van der Waals surface area contributed by atoms with E-state index in [1.807, 2.05) is 30.3 Å². The minimum absolute atomic E-state index is 0.0742. The average molecular weight is 246 g/mol. The highest BCUT2D eigenvalue weighted by atomic mass is 16.1. The zero-order valence-corrected chi connectivity index (χ0v) is 10.9. The van der Waals surface area contributed by atoms with Crippen LogP contribution in [0.25, 0.3) is 0 Å². The van der Waals surface area contributed by atoms with Crippen LogP contribution in [0.2, 0.25) is 0 Å². The van der Waals surface area contributed by atoms with Gasteiger partial charge in [-0.3, -0.25) is 4.79 Å². The van der Waals surface area contributed by atoms with Crippen molar-refractivity contribution in [2.45, 2.75) is 44.7 Å². The predicted octanol–water partition coefficient (Wildman–Crippen LogP) is 2.38. The summed E-state index contributed by atoms with van der Waals surface area (Å²) >= 11 is 0. The highest BCUT2D eigenvalue weighted by Gasteiger charge is 2.25. The molecule has 3 nitrogen and oxygen atoms in total. The fourth-order valence-electron chi connectivity index (χ4n) is 2.64. The van der Waals surface area contributed by atoms with Gasteiger partial charge in [-0.2, -0.15) is 0 Å². The predicted molar refractivity (Wildman–Crippen MR) is 72.9 cm³/mol. The largest absolute Gasteiger partial charge is 0.353 e. The molecule has 1 fully saturated rings. The minimum atomic E-state index is -0.206. The Labute approximate surface area is 109 Å². The van der Waals surface area contributed by atoms with Crippen molar-refractivity contribution >= 4 is 5.91 Å². The summed E-state index contributed by atoms with van der Waals surface area (Å²) in [6.07, 6.45) is 3.91. The number of rotatable bonds is 4. The highest BCUT2D eigenvalue weighted by molar-refractivity contribution is 5.77. The van der Waals surface area contributed by atoms with E-state index in [1.54, 1.807) is 0 Å². The van der Waals surface area contributed by atoms with Crippen molar-refractivity contribution in [1.82, 2.24) is 5.32 Å². The summed E-state index contributed by atoms with van der Waals surface area (Å²) in [7, 11) is 0. The molecule has 0 radical (unpaired) electrons. The number of carbonyl (C=O) groups is 1. The maximum absolute atomic E-state index is 11.9. The fourth-order valence-corrected chi connectivity index (χ4v) is 2.64. The SMILES string of the molecule is CC1CCCC1NC(=O)CC(N)c1ccccc1. The average Bonchev–Trinajstić information content (AvgIpc) is 2.76. The van der Waals surface area contributed by atoms with E-state index in [2.05, 4.69) is 12.2 Å². The van der Waals surface area contributed by atoms with Crippen LogP contribution in [-0.2, 0) is 4.79 Å². The normalized spacial score (nSPS) is 24.8. The first-order valence-corrected chi connectivity index (χ1v) is 6.76.